The molecule has 7 heteroatoms. The number of anilines is 1. The second-order valence-electron chi connectivity index (χ2n) is 5.92. The van der Waals surface area contributed by atoms with Crippen molar-refractivity contribution in [1.82, 2.24) is 10.2 Å². The molecule has 0 spiro atoms. The van der Waals surface area contributed by atoms with E-state index in [-0.39, 0.29) is 6.03 Å². The number of amides is 2. The fourth-order valence-electron chi connectivity index (χ4n) is 2.55. The van der Waals surface area contributed by atoms with E-state index in [4.69, 9.17) is 4.74 Å². The van der Waals surface area contributed by atoms with E-state index in [9.17, 15) is 4.79 Å². The minimum absolute atomic E-state index is 0.211. The van der Waals surface area contributed by atoms with Crippen molar-refractivity contribution in [2.24, 2.45) is 10.2 Å². The van der Waals surface area contributed by atoms with Crippen molar-refractivity contribution >= 4 is 23.1 Å². The molecule has 1 fully saturated rings. The summed E-state index contributed by atoms with van der Waals surface area (Å²) in [6, 6.07) is 16.6. The fourth-order valence-corrected chi connectivity index (χ4v) is 2.55. The van der Waals surface area contributed by atoms with Gasteiger partial charge in [0, 0.05) is 31.9 Å². The zero-order chi connectivity index (χ0) is 18.0. The molecule has 136 valence electrons. The molecule has 0 aliphatic carbocycles. The second kappa shape index (κ2) is 9.65. The van der Waals surface area contributed by atoms with Gasteiger partial charge in [0.15, 0.2) is 0 Å². The maximum atomic E-state index is 11.9. The average Bonchev–Trinajstić information content (AvgIpc) is 2.69. The Labute approximate surface area is 153 Å². The highest BCUT2D eigenvalue weighted by molar-refractivity contribution is 5.89. The lowest BCUT2D eigenvalue weighted by molar-refractivity contribution is 0.0388. The van der Waals surface area contributed by atoms with Gasteiger partial charge in [-0.2, -0.15) is 10.2 Å². The molecule has 3 rings (SSSR count). The first-order valence-corrected chi connectivity index (χ1v) is 8.71. The molecule has 2 aromatic rings. The first-order chi connectivity index (χ1) is 12.8. The predicted molar refractivity (Wildman–Crippen MR) is 101 cm³/mol. The molecule has 0 unspecified atom stereocenters. The van der Waals surface area contributed by atoms with E-state index in [2.05, 4.69) is 25.8 Å². The van der Waals surface area contributed by atoms with Gasteiger partial charge in [0.1, 0.15) is 0 Å². The molecule has 1 aliphatic heterocycles. The van der Waals surface area contributed by atoms with Crippen molar-refractivity contribution < 1.29 is 9.53 Å². The average molecular weight is 353 g/mol. The van der Waals surface area contributed by atoms with E-state index in [1.54, 1.807) is 12.1 Å². The topological polar surface area (TPSA) is 78.3 Å². The van der Waals surface area contributed by atoms with Crippen molar-refractivity contribution in [2.45, 2.75) is 0 Å². The van der Waals surface area contributed by atoms with Crippen LogP contribution in [0.4, 0.5) is 21.9 Å². The van der Waals surface area contributed by atoms with E-state index in [1.807, 2.05) is 42.5 Å². The monoisotopic (exact) mass is 353 g/mol. The highest BCUT2D eigenvalue weighted by Crippen LogP contribution is 2.19. The largest absolute Gasteiger partial charge is 0.379 e. The molecule has 0 aromatic heterocycles. The van der Waals surface area contributed by atoms with Gasteiger partial charge >= 0.3 is 6.03 Å². The van der Waals surface area contributed by atoms with Crippen LogP contribution < -0.4 is 10.6 Å². The van der Waals surface area contributed by atoms with Gasteiger partial charge in [-0.05, 0) is 36.4 Å². The molecule has 26 heavy (non-hydrogen) atoms. The summed E-state index contributed by atoms with van der Waals surface area (Å²) in [6.45, 7) is 4.80. The van der Waals surface area contributed by atoms with Crippen molar-refractivity contribution in [3.8, 4) is 0 Å². The Morgan fingerprint density at radius 1 is 0.962 bits per heavy atom. The quantitative estimate of drug-likeness (QED) is 0.780. The molecule has 2 amide bonds. The molecule has 0 radical (unpaired) electrons. The standard InChI is InChI=1S/C19H23N5O2/c25-19(20-10-11-24-12-14-26-15-13-24)21-16-6-8-18(9-7-16)23-22-17-4-2-1-3-5-17/h1-9H,10-15H2,(H2,20,21,25). The van der Waals surface area contributed by atoms with E-state index in [0.717, 1.165) is 44.2 Å². The fraction of sp³-hybridized carbons (Fsp3) is 0.316. The van der Waals surface area contributed by atoms with Gasteiger partial charge in [0.2, 0.25) is 0 Å². The van der Waals surface area contributed by atoms with Gasteiger partial charge < -0.3 is 15.4 Å². The van der Waals surface area contributed by atoms with Crippen LogP contribution in [0.5, 0.6) is 0 Å². The first-order valence-electron chi connectivity index (χ1n) is 8.71. The smallest absolute Gasteiger partial charge is 0.319 e. The van der Waals surface area contributed by atoms with E-state index >= 15 is 0 Å². The van der Waals surface area contributed by atoms with E-state index < -0.39 is 0 Å². The number of nitrogens with zero attached hydrogens (tertiary/aromatic N) is 3. The highest BCUT2D eigenvalue weighted by atomic mass is 16.5. The minimum Gasteiger partial charge on any atom is -0.379 e. The second-order valence-corrected chi connectivity index (χ2v) is 5.92. The molecule has 1 saturated heterocycles. The lowest BCUT2D eigenvalue weighted by atomic mass is 10.3. The van der Waals surface area contributed by atoms with Crippen LogP contribution in [0, 0.1) is 0 Å². The summed E-state index contributed by atoms with van der Waals surface area (Å²) in [5.41, 5.74) is 2.24. The number of carbonyl (C=O) groups excluding carboxylic acids is 1. The number of azo groups is 1. The zero-order valence-corrected chi connectivity index (χ0v) is 14.6. The molecule has 0 bridgehead atoms. The molecular formula is C19H23N5O2. The van der Waals surface area contributed by atoms with Crippen LogP contribution in [0.25, 0.3) is 0 Å². The molecule has 1 aliphatic rings. The Hall–Kier alpha value is -2.77. The number of ether oxygens (including phenoxy) is 1. The van der Waals surface area contributed by atoms with Crippen molar-refractivity contribution in [3.63, 3.8) is 0 Å². The summed E-state index contributed by atoms with van der Waals surface area (Å²) in [4.78, 5) is 14.2. The molecular weight excluding hydrogens is 330 g/mol. The summed E-state index contributed by atoms with van der Waals surface area (Å²) in [6.07, 6.45) is 0. The Morgan fingerprint density at radius 3 is 2.31 bits per heavy atom. The lowest BCUT2D eigenvalue weighted by Crippen LogP contribution is -2.42. The van der Waals surface area contributed by atoms with Crippen LogP contribution in [-0.2, 0) is 4.74 Å². The van der Waals surface area contributed by atoms with E-state index in [0.29, 0.717) is 12.2 Å². The van der Waals surface area contributed by atoms with E-state index in [1.165, 1.54) is 0 Å². The number of nitrogens with one attached hydrogen (secondary N) is 2. The normalized spacial score (nSPS) is 15.1. The number of hydrogen-bond acceptors (Lipinski definition) is 5. The van der Waals surface area contributed by atoms with Gasteiger partial charge in [-0.3, -0.25) is 4.90 Å². The third kappa shape index (κ3) is 5.94. The highest BCUT2D eigenvalue weighted by Gasteiger charge is 2.10. The maximum Gasteiger partial charge on any atom is 0.319 e. The number of benzene rings is 2. The van der Waals surface area contributed by atoms with Gasteiger partial charge in [-0.1, -0.05) is 18.2 Å². The number of carbonyl (C=O) groups is 1. The summed E-state index contributed by atoms with van der Waals surface area (Å²) >= 11 is 0. The molecule has 2 N–H and O–H groups in total. The van der Waals surface area contributed by atoms with Crippen molar-refractivity contribution in [2.75, 3.05) is 44.7 Å². The molecule has 2 aromatic carbocycles. The van der Waals surface area contributed by atoms with Gasteiger partial charge in [-0.25, -0.2) is 4.79 Å². The summed E-state index contributed by atoms with van der Waals surface area (Å²) in [5, 5.41) is 14.0. The van der Waals surface area contributed by atoms with Gasteiger partial charge in [-0.15, -0.1) is 0 Å². The first kappa shape index (κ1) is 18.0. The lowest BCUT2D eigenvalue weighted by Gasteiger charge is -2.26. The Bertz CT molecular complexity index is 712. The molecule has 0 atom stereocenters. The SMILES string of the molecule is O=C(NCCN1CCOCC1)Nc1ccc(N=Nc2ccccc2)cc1. The van der Waals surface area contributed by atoms with Gasteiger partial charge in [0.25, 0.3) is 0 Å². The summed E-state index contributed by atoms with van der Waals surface area (Å²) in [5.74, 6) is 0. The van der Waals surface area contributed by atoms with Crippen molar-refractivity contribution in [1.29, 1.82) is 0 Å². The maximum absolute atomic E-state index is 11.9. The number of morpholine rings is 1. The Kier molecular flexibility index (Phi) is 6.69. The minimum atomic E-state index is -0.211. The third-order valence-electron chi connectivity index (χ3n) is 3.98. The van der Waals surface area contributed by atoms with Crippen LogP contribution in [0.1, 0.15) is 0 Å². The molecule has 7 nitrogen and oxygen atoms in total. The Balaban J connectivity index is 1.41. The predicted octanol–water partition coefficient (Wildman–Crippen LogP) is 3.56. The van der Waals surface area contributed by atoms with Crippen LogP contribution in [-0.4, -0.2) is 50.3 Å². The van der Waals surface area contributed by atoms with Gasteiger partial charge in [0.05, 0.1) is 24.6 Å². The summed E-state index contributed by atoms with van der Waals surface area (Å²) < 4.78 is 5.30. The van der Waals surface area contributed by atoms with Crippen LogP contribution in [0.3, 0.4) is 0 Å². The van der Waals surface area contributed by atoms with Crippen LogP contribution in [0.2, 0.25) is 0 Å². The Morgan fingerprint density at radius 2 is 1.62 bits per heavy atom. The zero-order valence-electron chi connectivity index (χ0n) is 14.6. The van der Waals surface area contributed by atoms with Crippen LogP contribution in [0.15, 0.2) is 64.8 Å². The van der Waals surface area contributed by atoms with Crippen LogP contribution >= 0.6 is 0 Å². The number of urea groups is 1. The number of rotatable bonds is 6. The third-order valence-corrected chi connectivity index (χ3v) is 3.98. The number of hydrogen-bond donors (Lipinski definition) is 2. The molecule has 0 saturated carbocycles. The van der Waals surface area contributed by atoms with Crippen molar-refractivity contribution in [3.05, 3.63) is 54.6 Å². The molecule has 1 heterocycles. The summed E-state index contributed by atoms with van der Waals surface area (Å²) in [7, 11) is 0.